The Kier molecular flexibility index (Phi) is 5.50. The van der Waals surface area contributed by atoms with Gasteiger partial charge in [-0.05, 0) is 48.8 Å². The Hall–Kier alpha value is -0.800. The summed E-state index contributed by atoms with van der Waals surface area (Å²) in [7, 11) is 0. The summed E-state index contributed by atoms with van der Waals surface area (Å²) in [6.07, 6.45) is 3.82. The van der Waals surface area contributed by atoms with E-state index in [-0.39, 0.29) is 6.10 Å². The summed E-state index contributed by atoms with van der Waals surface area (Å²) < 4.78 is 6.32. The SMILES string of the molecule is CC1CCC(C(C)C)C(Oc2ccc(Cl)cc2C(N)=S)C1. The lowest BCUT2D eigenvalue weighted by atomic mass is 9.75. The van der Waals surface area contributed by atoms with Gasteiger partial charge in [-0.1, -0.05) is 51.0 Å². The summed E-state index contributed by atoms with van der Waals surface area (Å²) >= 11 is 11.2. The van der Waals surface area contributed by atoms with Crippen LogP contribution in [0.15, 0.2) is 18.2 Å². The van der Waals surface area contributed by atoms with Gasteiger partial charge in [0.05, 0.1) is 5.56 Å². The van der Waals surface area contributed by atoms with Crippen molar-refractivity contribution in [3.63, 3.8) is 0 Å². The maximum absolute atomic E-state index is 6.32. The molecule has 3 unspecified atom stereocenters. The summed E-state index contributed by atoms with van der Waals surface area (Å²) in [5.74, 6) is 2.65. The minimum atomic E-state index is 0.225. The van der Waals surface area contributed by atoms with Gasteiger partial charge in [0.15, 0.2) is 0 Å². The number of ether oxygens (including phenoxy) is 1. The van der Waals surface area contributed by atoms with Crippen molar-refractivity contribution in [1.82, 2.24) is 0 Å². The van der Waals surface area contributed by atoms with Gasteiger partial charge in [0.1, 0.15) is 16.8 Å². The van der Waals surface area contributed by atoms with Gasteiger partial charge in [-0.25, -0.2) is 0 Å². The predicted molar refractivity (Wildman–Crippen MR) is 93.1 cm³/mol. The van der Waals surface area contributed by atoms with Crippen LogP contribution >= 0.6 is 23.8 Å². The number of hydrogen-bond acceptors (Lipinski definition) is 2. The average Bonchev–Trinajstić information content (AvgIpc) is 2.40. The van der Waals surface area contributed by atoms with Crippen molar-refractivity contribution in [2.45, 2.75) is 46.1 Å². The molecule has 21 heavy (non-hydrogen) atoms. The van der Waals surface area contributed by atoms with E-state index in [2.05, 4.69) is 20.8 Å². The highest BCUT2D eigenvalue weighted by molar-refractivity contribution is 7.80. The lowest BCUT2D eigenvalue weighted by Crippen LogP contribution is -2.36. The molecule has 0 aromatic heterocycles. The fourth-order valence-electron chi connectivity index (χ4n) is 3.21. The van der Waals surface area contributed by atoms with Crippen LogP contribution in [0.3, 0.4) is 0 Å². The van der Waals surface area contributed by atoms with Crippen molar-refractivity contribution in [1.29, 1.82) is 0 Å². The highest BCUT2D eigenvalue weighted by atomic mass is 35.5. The molecule has 0 saturated heterocycles. The van der Waals surface area contributed by atoms with Gasteiger partial charge in [0.25, 0.3) is 0 Å². The molecule has 0 bridgehead atoms. The molecular weight excluding hydrogens is 302 g/mol. The van der Waals surface area contributed by atoms with Crippen LogP contribution in [0, 0.1) is 17.8 Å². The van der Waals surface area contributed by atoms with Gasteiger partial charge in [0, 0.05) is 5.02 Å². The number of rotatable bonds is 4. The first kappa shape index (κ1) is 16.6. The Bertz CT molecular complexity index is 518. The molecule has 116 valence electrons. The lowest BCUT2D eigenvalue weighted by molar-refractivity contribution is 0.0459. The second-order valence-electron chi connectivity index (χ2n) is 6.49. The number of thiocarbonyl (C=S) groups is 1. The van der Waals surface area contributed by atoms with Crippen LogP contribution in [-0.2, 0) is 0 Å². The highest BCUT2D eigenvalue weighted by Crippen LogP contribution is 2.37. The fraction of sp³-hybridized carbons (Fsp3) is 0.588. The normalized spacial score (nSPS) is 25.9. The molecule has 4 heteroatoms. The van der Waals surface area contributed by atoms with Crippen molar-refractivity contribution in [3.8, 4) is 5.75 Å². The second-order valence-corrected chi connectivity index (χ2v) is 7.36. The van der Waals surface area contributed by atoms with E-state index in [0.29, 0.717) is 27.8 Å². The predicted octanol–water partition coefficient (Wildman–Crippen LogP) is 4.81. The minimum absolute atomic E-state index is 0.225. The van der Waals surface area contributed by atoms with E-state index in [4.69, 9.17) is 34.3 Å². The van der Waals surface area contributed by atoms with Crippen molar-refractivity contribution >= 4 is 28.8 Å². The molecule has 1 aliphatic rings. The maximum atomic E-state index is 6.32. The largest absolute Gasteiger partial charge is 0.489 e. The molecule has 0 radical (unpaired) electrons. The molecule has 1 saturated carbocycles. The van der Waals surface area contributed by atoms with E-state index in [0.717, 1.165) is 17.7 Å². The molecule has 1 aromatic rings. The number of hydrogen-bond donors (Lipinski definition) is 1. The summed E-state index contributed by atoms with van der Waals surface area (Å²) in [5.41, 5.74) is 6.54. The highest BCUT2D eigenvalue weighted by Gasteiger charge is 2.32. The molecule has 2 rings (SSSR count). The van der Waals surface area contributed by atoms with E-state index in [1.165, 1.54) is 12.8 Å². The van der Waals surface area contributed by atoms with E-state index < -0.39 is 0 Å². The molecule has 0 amide bonds. The Morgan fingerprint density at radius 3 is 2.71 bits per heavy atom. The third-order valence-electron chi connectivity index (χ3n) is 4.45. The number of benzene rings is 1. The van der Waals surface area contributed by atoms with Gasteiger partial charge in [-0.3, -0.25) is 0 Å². The van der Waals surface area contributed by atoms with Gasteiger partial charge < -0.3 is 10.5 Å². The van der Waals surface area contributed by atoms with E-state index in [1.807, 2.05) is 12.1 Å². The van der Waals surface area contributed by atoms with Crippen molar-refractivity contribution in [2.75, 3.05) is 0 Å². The molecule has 0 aliphatic heterocycles. The lowest BCUT2D eigenvalue weighted by Gasteiger charge is -2.37. The quantitative estimate of drug-likeness (QED) is 0.806. The maximum Gasteiger partial charge on any atom is 0.130 e. The number of halogens is 1. The van der Waals surface area contributed by atoms with Gasteiger partial charge in [0.2, 0.25) is 0 Å². The summed E-state index contributed by atoms with van der Waals surface area (Å²) in [6.45, 7) is 6.84. The standard InChI is InChI=1S/C17H24ClNOS/c1-10(2)13-6-4-11(3)8-16(13)20-15-7-5-12(18)9-14(15)17(19)21/h5,7,9-11,13,16H,4,6,8H2,1-3H3,(H2,19,21). The van der Waals surface area contributed by atoms with Gasteiger partial charge in [-0.2, -0.15) is 0 Å². The topological polar surface area (TPSA) is 35.2 Å². The van der Waals surface area contributed by atoms with Crippen LogP contribution in [-0.4, -0.2) is 11.1 Å². The molecule has 2 nitrogen and oxygen atoms in total. The Balaban J connectivity index is 2.24. The van der Waals surface area contributed by atoms with Crippen molar-refractivity contribution in [2.24, 2.45) is 23.5 Å². The van der Waals surface area contributed by atoms with Crippen LogP contribution in [0.4, 0.5) is 0 Å². The fourth-order valence-corrected chi connectivity index (χ4v) is 3.54. The zero-order valence-corrected chi connectivity index (χ0v) is 14.5. The van der Waals surface area contributed by atoms with Gasteiger partial charge in [-0.15, -0.1) is 0 Å². The van der Waals surface area contributed by atoms with E-state index in [1.54, 1.807) is 6.07 Å². The smallest absolute Gasteiger partial charge is 0.130 e. The van der Waals surface area contributed by atoms with E-state index >= 15 is 0 Å². The molecule has 0 heterocycles. The van der Waals surface area contributed by atoms with Crippen LogP contribution in [0.2, 0.25) is 5.02 Å². The van der Waals surface area contributed by atoms with E-state index in [9.17, 15) is 0 Å². The number of nitrogens with two attached hydrogens (primary N) is 1. The average molecular weight is 326 g/mol. The molecule has 2 N–H and O–H groups in total. The van der Waals surface area contributed by atoms with Crippen LogP contribution in [0.5, 0.6) is 5.75 Å². The third kappa shape index (κ3) is 4.10. The van der Waals surface area contributed by atoms with Crippen molar-refractivity contribution < 1.29 is 4.74 Å². The first-order valence-electron chi connectivity index (χ1n) is 7.64. The summed E-state index contributed by atoms with van der Waals surface area (Å²) in [4.78, 5) is 0.331. The van der Waals surface area contributed by atoms with Crippen LogP contribution < -0.4 is 10.5 Å². The zero-order chi connectivity index (χ0) is 15.6. The summed E-state index contributed by atoms with van der Waals surface area (Å²) in [5, 5.41) is 0.627. The first-order valence-corrected chi connectivity index (χ1v) is 8.43. The Morgan fingerprint density at radius 1 is 1.38 bits per heavy atom. The first-order chi connectivity index (χ1) is 9.88. The summed E-state index contributed by atoms with van der Waals surface area (Å²) in [6, 6.07) is 5.50. The van der Waals surface area contributed by atoms with Crippen LogP contribution in [0.1, 0.15) is 45.6 Å². The molecule has 1 aliphatic carbocycles. The van der Waals surface area contributed by atoms with Crippen molar-refractivity contribution in [3.05, 3.63) is 28.8 Å². The zero-order valence-electron chi connectivity index (χ0n) is 12.9. The Morgan fingerprint density at radius 2 is 2.10 bits per heavy atom. The molecule has 1 fully saturated rings. The minimum Gasteiger partial charge on any atom is -0.489 e. The molecule has 0 spiro atoms. The van der Waals surface area contributed by atoms with Crippen LogP contribution in [0.25, 0.3) is 0 Å². The van der Waals surface area contributed by atoms with Gasteiger partial charge >= 0.3 is 0 Å². The second kappa shape index (κ2) is 6.97. The molecule has 3 atom stereocenters. The Labute approximate surface area is 138 Å². The third-order valence-corrected chi connectivity index (χ3v) is 4.90. The molecular formula is C17H24ClNOS. The molecule has 1 aromatic carbocycles. The monoisotopic (exact) mass is 325 g/mol.